The Morgan fingerprint density at radius 2 is 1.00 bits per heavy atom. The van der Waals surface area contributed by atoms with Gasteiger partial charge in [-0.3, -0.25) is 0 Å². The summed E-state index contributed by atoms with van der Waals surface area (Å²) in [4.78, 5) is 10.5. The molecule has 0 heterocycles. The van der Waals surface area contributed by atoms with Crippen molar-refractivity contribution in [2.75, 3.05) is 0 Å². The average Bonchev–Trinajstić information content (AvgIpc) is 2.47. The second-order valence-corrected chi connectivity index (χ2v) is 6.47. The van der Waals surface area contributed by atoms with Crippen LogP contribution in [0.3, 0.4) is 0 Å². The van der Waals surface area contributed by atoms with Gasteiger partial charge in [-0.05, 0) is 6.42 Å². The van der Waals surface area contributed by atoms with Crippen molar-refractivity contribution in [3.63, 3.8) is 0 Å². The first-order valence-electron chi connectivity index (χ1n) is 9.19. The van der Waals surface area contributed by atoms with Crippen molar-refractivity contribution in [1.29, 1.82) is 0 Å². The van der Waals surface area contributed by atoms with Crippen LogP contribution in [-0.2, 0) is 24.3 Å². The van der Waals surface area contributed by atoms with Crippen molar-refractivity contribution >= 4 is 5.97 Å². The number of carboxylic acid groups (broad SMARTS) is 1. The monoisotopic (exact) mass is 380 g/mol. The summed E-state index contributed by atoms with van der Waals surface area (Å²) in [6.45, 7) is 2.25. The zero-order chi connectivity index (χ0) is 16.7. The zero-order valence-corrected chi connectivity index (χ0v) is 18.0. The van der Waals surface area contributed by atoms with E-state index in [4.69, 9.17) is 15.3 Å². The van der Waals surface area contributed by atoms with Gasteiger partial charge in [-0.15, -0.1) is 0 Å². The summed E-state index contributed by atoms with van der Waals surface area (Å²) < 4.78 is 0. The quantitative estimate of drug-likeness (QED) is 0.207. The summed E-state index contributed by atoms with van der Waals surface area (Å²) in [6.07, 6.45) is 17.0. The van der Waals surface area contributed by atoms with Crippen molar-refractivity contribution in [3.8, 4) is 0 Å². The first-order valence-corrected chi connectivity index (χ1v) is 9.19. The molecule has 0 bridgehead atoms. The number of hydrogen-bond donors (Lipinski definition) is 3. The van der Waals surface area contributed by atoms with Crippen LogP contribution in [0.2, 0.25) is 0 Å². The molecule has 0 rings (SSSR count). The maximum Gasteiger partial charge on any atom is 0.364 e. The minimum absolute atomic E-state index is 0. The molecule has 0 fully saturated rings. The van der Waals surface area contributed by atoms with Gasteiger partial charge < -0.3 is 15.3 Å². The standard InChI is InChI=1S/C18H36O4.Zn/c1-2-3-4-5-6-7-8-9-10-11-12-13-14-15-16-18(21,22)17(19)20;/h21-22H,2-16H2,1H3,(H,19,20);. The van der Waals surface area contributed by atoms with E-state index in [1.54, 1.807) is 0 Å². The minimum Gasteiger partial charge on any atom is -0.477 e. The topological polar surface area (TPSA) is 77.8 Å². The summed E-state index contributed by atoms with van der Waals surface area (Å²) >= 11 is 0. The number of carbonyl (C=O) groups is 1. The molecule has 0 aromatic rings. The Morgan fingerprint density at radius 3 is 1.30 bits per heavy atom. The van der Waals surface area contributed by atoms with Gasteiger partial charge in [0.2, 0.25) is 0 Å². The second kappa shape index (κ2) is 16.9. The van der Waals surface area contributed by atoms with Crippen molar-refractivity contribution in [1.82, 2.24) is 0 Å². The summed E-state index contributed by atoms with van der Waals surface area (Å²) in [5, 5.41) is 26.8. The van der Waals surface area contributed by atoms with Crippen LogP contribution in [0.15, 0.2) is 0 Å². The molecule has 0 aliphatic carbocycles. The first kappa shape index (κ1) is 25.3. The van der Waals surface area contributed by atoms with Gasteiger partial charge in [0.1, 0.15) is 0 Å². The van der Waals surface area contributed by atoms with Crippen LogP contribution in [0.5, 0.6) is 0 Å². The molecule has 0 amide bonds. The third kappa shape index (κ3) is 16.6. The fraction of sp³-hybridized carbons (Fsp3) is 0.944. The van der Waals surface area contributed by atoms with Gasteiger partial charge in [-0.2, -0.15) is 0 Å². The van der Waals surface area contributed by atoms with Gasteiger partial charge in [0, 0.05) is 25.9 Å². The molecular formula is C18H36O4Zn. The molecule has 0 aromatic carbocycles. The Morgan fingerprint density at radius 1 is 0.696 bits per heavy atom. The van der Waals surface area contributed by atoms with Gasteiger partial charge >= 0.3 is 5.97 Å². The van der Waals surface area contributed by atoms with E-state index in [1.165, 1.54) is 64.2 Å². The van der Waals surface area contributed by atoms with Gasteiger partial charge in [0.25, 0.3) is 5.79 Å². The number of carboxylic acids is 1. The molecule has 0 atom stereocenters. The van der Waals surface area contributed by atoms with E-state index >= 15 is 0 Å². The Kier molecular flexibility index (Phi) is 18.5. The molecule has 0 saturated carbocycles. The third-order valence-electron chi connectivity index (χ3n) is 4.22. The smallest absolute Gasteiger partial charge is 0.364 e. The molecule has 134 valence electrons. The molecule has 23 heavy (non-hydrogen) atoms. The fourth-order valence-corrected chi connectivity index (χ4v) is 2.67. The van der Waals surface area contributed by atoms with E-state index in [0.717, 1.165) is 19.3 Å². The molecule has 0 aromatic heterocycles. The van der Waals surface area contributed by atoms with Crippen LogP contribution in [0.25, 0.3) is 0 Å². The van der Waals surface area contributed by atoms with Gasteiger partial charge in [-0.25, -0.2) is 4.79 Å². The number of aliphatic hydroxyl groups is 2. The molecule has 0 radical (unpaired) electrons. The molecular weight excluding hydrogens is 346 g/mol. The number of rotatable bonds is 16. The molecule has 0 saturated heterocycles. The van der Waals surface area contributed by atoms with Crippen molar-refractivity contribution in [3.05, 3.63) is 0 Å². The van der Waals surface area contributed by atoms with Gasteiger partial charge in [0.15, 0.2) is 0 Å². The SMILES string of the molecule is CCCCCCCCCCCCCCCCC(O)(O)C(=O)O.[Zn]. The van der Waals surface area contributed by atoms with Crippen molar-refractivity contribution in [2.45, 2.75) is 109 Å². The van der Waals surface area contributed by atoms with Crippen LogP contribution in [0, 0.1) is 0 Å². The normalized spacial score (nSPS) is 11.3. The van der Waals surface area contributed by atoms with Crippen molar-refractivity contribution in [2.24, 2.45) is 0 Å². The summed E-state index contributed by atoms with van der Waals surface area (Å²) in [7, 11) is 0. The molecule has 0 aliphatic rings. The largest absolute Gasteiger partial charge is 0.477 e. The molecule has 4 nitrogen and oxygen atoms in total. The number of aliphatic carboxylic acids is 1. The first-order chi connectivity index (χ1) is 10.5. The van der Waals surface area contributed by atoms with E-state index in [1.807, 2.05) is 0 Å². The molecule has 3 N–H and O–H groups in total. The Bertz CT molecular complexity index is 270. The van der Waals surface area contributed by atoms with E-state index < -0.39 is 11.8 Å². The van der Waals surface area contributed by atoms with Crippen LogP contribution in [0.1, 0.15) is 103 Å². The van der Waals surface area contributed by atoms with Gasteiger partial charge in [0.05, 0.1) is 0 Å². The molecule has 0 unspecified atom stereocenters. The summed E-state index contributed by atoms with van der Waals surface area (Å²) in [5.74, 6) is -4.10. The van der Waals surface area contributed by atoms with E-state index in [-0.39, 0.29) is 25.9 Å². The second-order valence-electron chi connectivity index (χ2n) is 6.47. The minimum atomic E-state index is -2.54. The molecule has 5 heteroatoms. The molecule has 0 aliphatic heterocycles. The maximum atomic E-state index is 10.5. The van der Waals surface area contributed by atoms with Crippen LogP contribution < -0.4 is 0 Å². The zero-order valence-electron chi connectivity index (χ0n) is 15.1. The predicted molar refractivity (Wildman–Crippen MR) is 89.7 cm³/mol. The summed E-state index contributed by atoms with van der Waals surface area (Å²) in [5.41, 5.74) is 0. The number of unbranched alkanes of at least 4 members (excludes halogenated alkanes) is 13. The predicted octanol–water partition coefficient (Wildman–Crippen LogP) is 4.62. The maximum absolute atomic E-state index is 10.5. The van der Waals surface area contributed by atoms with Crippen LogP contribution in [-0.4, -0.2) is 27.1 Å². The average molecular weight is 382 g/mol. The van der Waals surface area contributed by atoms with Gasteiger partial charge in [-0.1, -0.05) is 90.4 Å². The number of hydrogen-bond acceptors (Lipinski definition) is 3. The summed E-state index contributed by atoms with van der Waals surface area (Å²) in [6, 6.07) is 0. The van der Waals surface area contributed by atoms with Crippen LogP contribution >= 0.6 is 0 Å². The third-order valence-corrected chi connectivity index (χ3v) is 4.22. The Balaban J connectivity index is 0. The van der Waals surface area contributed by atoms with Crippen LogP contribution in [0.4, 0.5) is 0 Å². The fourth-order valence-electron chi connectivity index (χ4n) is 2.67. The molecule has 0 spiro atoms. The van der Waals surface area contributed by atoms with E-state index in [2.05, 4.69) is 6.92 Å². The van der Waals surface area contributed by atoms with Crippen molar-refractivity contribution < 1.29 is 39.6 Å². The Hall–Kier alpha value is 0.0134. The Labute approximate surface area is 154 Å². The van der Waals surface area contributed by atoms with E-state index in [9.17, 15) is 4.79 Å². The van der Waals surface area contributed by atoms with E-state index in [0.29, 0.717) is 6.42 Å².